The minimum Gasteiger partial charge on any atom is -0.310 e. The van der Waals surface area contributed by atoms with E-state index in [1.807, 2.05) is 59.2 Å². The molecular formula is C112H96BN5. The quantitative estimate of drug-likeness (QED) is 0.114. The molecular weight excluding hydrogens is 1430 g/mol. The van der Waals surface area contributed by atoms with Gasteiger partial charge in [-0.15, -0.1) is 0 Å². The van der Waals surface area contributed by atoms with E-state index in [9.17, 15) is 13.7 Å². The van der Waals surface area contributed by atoms with Gasteiger partial charge in [-0.25, -0.2) is 0 Å². The zero-order valence-corrected chi connectivity index (χ0v) is 68.4. The lowest BCUT2D eigenvalue weighted by Crippen LogP contribution is -2.61. The highest BCUT2D eigenvalue weighted by molar-refractivity contribution is 7.00. The van der Waals surface area contributed by atoms with Gasteiger partial charge in [0.15, 0.2) is 0 Å². The molecule has 4 heterocycles. The van der Waals surface area contributed by atoms with Crippen molar-refractivity contribution < 1.29 is 19.2 Å². The van der Waals surface area contributed by atoms with Gasteiger partial charge in [-0.3, -0.25) is 0 Å². The summed E-state index contributed by atoms with van der Waals surface area (Å²) in [6, 6.07) is 90.6. The van der Waals surface area contributed by atoms with E-state index in [0.717, 1.165) is 133 Å². The van der Waals surface area contributed by atoms with E-state index in [-0.39, 0.29) is 57.2 Å². The Bertz CT molecular complexity index is 7610. The van der Waals surface area contributed by atoms with E-state index in [4.69, 9.17) is 5.48 Å². The molecule has 0 aliphatic carbocycles. The maximum Gasteiger partial charge on any atom is 0.252 e. The van der Waals surface area contributed by atoms with Crippen molar-refractivity contribution in [3.63, 3.8) is 0 Å². The Morgan fingerprint density at radius 2 is 0.653 bits per heavy atom. The van der Waals surface area contributed by atoms with Crippen LogP contribution in [0.4, 0.5) is 51.2 Å². The van der Waals surface area contributed by atoms with Crippen molar-refractivity contribution >= 4 is 118 Å². The first-order valence-electron chi connectivity index (χ1n) is 47.7. The van der Waals surface area contributed by atoms with E-state index in [1.165, 1.54) is 0 Å². The van der Waals surface area contributed by atoms with Crippen molar-refractivity contribution in [2.24, 2.45) is 0 Å². The van der Waals surface area contributed by atoms with E-state index in [2.05, 4.69) is 286 Å². The summed E-state index contributed by atoms with van der Waals surface area (Å²) in [7, 11) is 0. The van der Waals surface area contributed by atoms with Crippen LogP contribution in [0.5, 0.6) is 0 Å². The van der Waals surface area contributed by atoms with Gasteiger partial charge >= 0.3 is 0 Å². The standard InChI is InChI=1S/C112H96BN5/c1-109(2,3)79-53-59-99-93(63-79)94-64-80(110(4,5)6)54-60-100(94)116(99)87-71-104-106-105(72-87)118(108-91(76-42-26-16-27-43-76)67-82(112(10,11)12)68-92(108)77-44-28-17-29-45-77)103-70-86(115-98-51-35-34-50-88(98)95-69-85(56-61-101(95)115)114(83-46-30-18-31-47-83)84-48-32-19-33-49-84)55-58-97(103)113(106)96-57-52-78(73-36-20-13-21-37-73)62-102(96)117(104)107-89(74-38-22-14-23-39-74)65-81(111(7,8)9)66-90(107)75-40-24-15-25-41-75/h13-72H,1-12H3/i13D,18D,20D,21D,30D,31D,34D,35D,36D,37D,46D,47D,50D,51D. The van der Waals surface area contributed by atoms with Gasteiger partial charge in [0.25, 0.3) is 6.71 Å². The second-order valence-electron chi connectivity index (χ2n) is 35.5. The van der Waals surface area contributed by atoms with Gasteiger partial charge in [0.05, 0.1) is 58.3 Å². The van der Waals surface area contributed by atoms with Crippen molar-refractivity contribution in [1.29, 1.82) is 0 Å². The third-order valence-electron chi connectivity index (χ3n) is 23.9. The molecule has 0 radical (unpaired) electrons. The SMILES string of the molecule is [2H]c1c([2H])c([2H])c(-c2ccc3c(c2)N(c2c(-c4ccccc4)cc(C(C)(C)C)cc2-c2ccccc2)c2cc(-n4c5ccc(C(C)(C)C)cc5c5cc(C(C)(C)C)ccc54)cc4c2B3c2ccc(-n3c5ccc(N(c6ccccc6)c6c([2H])c([2H])c([2H])c([2H])c6[2H])cc5c5c([2H])c([2H])c([2H])c([2H])c53)cc2N4c2c(-c3ccccc3)cc(C(C)(C)C)cc2-c2ccccc2)c([2H])c1[2H]. The van der Waals surface area contributed by atoms with E-state index < -0.39 is 78.0 Å². The molecule has 0 saturated carbocycles. The third kappa shape index (κ3) is 12.5. The number of anilines is 9. The van der Waals surface area contributed by atoms with Gasteiger partial charge in [-0.05, 0) is 221 Å². The lowest BCUT2D eigenvalue weighted by atomic mass is 9.33. The van der Waals surface area contributed by atoms with Crippen LogP contribution in [0, 0.1) is 0 Å². The van der Waals surface area contributed by atoms with E-state index in [1.54, 1.807) is 41.3 Å². The summed E-state index contributed by atoms with van der Waals surface area (Å²) < 4.78 is 137. The van der Waals surface area contributed by atoms with Crippen LogP contribution in [-0.2, 0) is 21.7 Å². The van der Waals surface area contributed by atoms with Gasteiger partial charge in [0.1, 0.15) is 0 Å². The summed E-state index contributed by atoms with van der Waals surface area (Å²) in [5, 5.41) is 2.70. The number of benzene rings is 16. The molecule has 0 atom stereocenters. The molecule has 0 amide bonds. The van der Waals surface area contributed by atoms with Gasteiger partial charge in [-0.1, -0.05) is 319 Å². The molecule has 2 aliphatic rings. The maximum absolute atomic E-state index is 10.3. The van der Waals surface area contributed by atoms with Crippen molar-refractivity contribution in [2.45, 2.75) is 105 Å². The molecule has 572 valence electrons. The fourth-order valence-electron chi connectivity index (χ4n) is 17.9. The van der Waals surface area contributed by atoms with Crippen LogP contribution in [0.2, 0.25) is 0 Å². The molecule has 5 nitrogen and oxygen atoms in total. The Balaban J connectivity index is 1.00. The smallest absolute Gasteiger partial charge is 0.252 e. The molecule has 118 heavy (non-hydrogen) atoms. The molecule has 0 fully saturated rings. The molecule has 16 aromatic carbocycles. The number of nitrogens with zero attached hydrogens (tertiary/aromatic N) is 5. The van der Waals surface area contributed by atoms with Crippen LogP contribution in [0.25, 0.3) is 111 Å². The molecule has 20 rings (SSSR count). The summed E-state index contributed by atoms with van der Waals surface area (Å²) in [5.41, 5.74) is 22.6. The zero-order valence-electron chi connectivity index (χ0n) is 82.4. The minimum atomic E-state index is -0.724. The highest BCUT2D eigenvalue weighted by Gasteiger charge is 2.47. The van der Waals surface area contributed by atoms with Crippen LogP contribution >= 0.6 is 0 Å². The summed E-state index contributed by atoms with van der Waals surface area (Å²) in [6.45, 7) is 26.2. The summed E-state index contributed by atoms with van der Waals surface area (Å²) in [6.07, 6.45) is 0. The van der Waals surface area contributed by atoms with Crippen LogP contribution in [0.15, 0.2) is 364 Å². The second kappa shape index (κ2) is 28.2. The molecule has 2 aromatic heterocycles. The van der Waals surface area contributed by atoms with Crippen molar-refractivity contribution in [1.82, 2.24) is 9.13 Å². The molecule has 0 N–H and O–H groups in total. The van der Waals surface area contributed by atoms with Crippen LogP contribution in [0.3, 0.4) is 0 Å². The second-order valence-corrected chi connectivity index (χ2v) is 35.5. The predicted molar refractivity (Wildman–Crippen MR) is 506 cm³/mol. The van der Waals surface area contributed by atoms with Crippen LogP contribution in [0.1, 0.15) is 125 Å². The summed E-state index contributed by atoms with van der Waals surface area (Å²) in [5.74, 6) is 0. The van der Waals surface area contributed by atoms with Gasteiger partial charge < -0.3 is 23.8 Å². The fraction of sp³-hybridized carbons (Fsp3) is 0.143. The highest BCUT2D eigenvalue weighted by atomic mass is 15.2. The Kier molecular flexibility index (Phi) is 14.2. The molecule has 18 aromatic rings. The first-order valence-corrected chi connectivity index (χ1v) is 40.7. The maximum atomic E-state index is 10.3. The molecule has 0 bridgehead atoms. The number of hydrogen-bond donors (Lipinski definition) is 0. The Hall–Kier alpha value is -13.4. The lowest BCUT2D eigenvalue weighted by Gasteiger charge is -2.46. The van der Waals surface area contributed by atoms with Crippen LogP contribution in [-0.4, -0.2) is 15.8 Å². The minimum absolute atomic E-state index is 0.0340. The van der Waals surface area contributed by atoms with Gasteiger partial charge in [-0.2, -0.15) is 0 Å². The normalized spacial score (nSPS) is 14.5. The fourth-order valence-corrected chi connectivity index (χ4v) is 17.9. The molecule has 0 spiro atoms. The first-order chi connectivity index (χ1) is 62.9. The highest BCUT2D eigenvalue weighted by Crippen LogP contribution is 2.56. The van der Waals surface area contributed by atoms with E-state index >= 15 is 0 Å². The summed E-state index contributed by atoms with van der Waals surface area (Å²) in [4.78, 5) is 6.49. The molecule has 6 heteroatoms. The number of rotatable bonds is 12. The lowest BCUT2D eigenvalue weighted by molar-refractivity contribution is 0.590. The molecule has 0 unspecified atom stereocenters. The number of aromatic nitrogens is 2. The topological polar surface area (TPSA) is 19.6 Å². The average Bonchev–Trinajstić information content (AvgIpc) is 0.902. The predicted octanol–water partition coefficient (Wildman–Crippen LogP) is 29.0. The summed E-state index contributed by atoms with van der Waals surface area (Å²) >= 11 is 0. The van der Waals surface area contributed by atoms with Crippen molar-refractivity contribution in [2.75, 3.05) is 14.7 Å². The number of para-hydroxylation sites is 3. The van der Waals surface area contributed by atoms with Crippen LogP contribution < -0.4 is 31.1 Å². The Morgan fingerprint density at radius 1 is 0.263 bits per heavy atom. The monoisotopic (exact) mass is 1540 g/mol. The average molecular weight is 1540 g/mol. The van der Waals surface area contributed by atoms with Crippen molar-refractivity contribution in [3.05, 3.63) is 386 Å². The number of fused-ring (bicyclic) bond motifs is 10. The van der Waals surface area contributed by atoms with Gasteiger partial charge in [0.2, 0.25) is 0 Å². The molecule has 0 saturated heterocycles. The first kappa shape index (κ1) is 59.3. The molecule has 2 aliphatic heterocycles. The Morgan fingerprint density at radius 3 is 1.12 bits per heavy atom. The number of hydrogen-bond acceptors (Lipinski definition) is 3. The van der Waals surface area contributed by atoms with Gasteiger partial charge in [0, 0.05) is 89.3 Å². The largest absolute Gasteiger partial charge is 0.310 e. The zero-order chi connectivity index (χ0) is 92.9. The Labute approximate surface area is 714 Å². The van der Waals surface area contributed by atoms with Crippen molar-refractivity contribution in [3.8, 4) is 67.0 Å². The third-order valence-corrected chi connectivity index (χ3v) is 23.9. The van der Waals surface area contributed by atoms with E-state index in [0.29, 0.717) is 44.9 Å².